The lowest BCUT2D eigenvalue weighted by Crippen LogP contribution is -2.10. The van der Waals surface area contributed by atoms with Gasteiger partial charge in [0.25, 0.3) is 0 Å². The minimum absolute atomic E-state index is 0.195. The Kier molecular flexibility index (Phi) is 1.79. The highest BCUT2D eigenvalue weighted by Gasteiger charge is 1.97. The van der Waals surface area contributed by atoms with Gasteiger partial charge in [-0.15, -0.1) is 0 Å². The van der Waals surface area contributed by atoms with Crippen LogP contribution in [0, 0.1) is 0 Å². The highest BCUT2D eigenvalue weighted by atomic mass is 16.1. The molecule has 5 heteroatoms. The van der Waals surface area contributed by atoms with Crippen molar-refractivity contribution in [1.82, 2.24) is 9.97 Å². The average molecular weight is 178 g/mol. The second-order valence-corrected chi connectivity index (χ2v) is 2.72. The van der Waals surface area contributed by atoms with Crippen LogP contribution in [0.3, 0.4) is 0 Å². The van der Waals surface area contributed by atoms with Crippen LogP contribution in [-0.2, 0) is 0 Å². The Morgan fingerprint density at radius 2 is 2.08 bits per heavy atom. The van der Waals surface area contributed by atoms with E-state index in [1.54, 1.807) is 0 Å². The quantitative estimate of drug-likeness (QED) is 0.495. The van der Waals surface area contributed by atoms with Crippen LogP contribution in [0.15, 0.2) is 23.0 Å². The fourth-order valence-corrected chi connectivity index (χ4v) is 1.26. The van der Waals surface area contributed by atoms with Gasteiger partial charge in [-0.3, -0.25) is 0 Å². The zero-order valence-corrected chi connectivity index (χ0v) is 6.92. The largest absolute Gasteiger partial charge is 0.373 e. The third-order valence-corrected chi connectivity index (χ3v) is 1.82. The van der Waals surface area contributed by atoms with Crippen LogP contribution in [0.25, 0.3) is 11.0 Å². The van der Waals surface area contributed by atoms with Gasteiger partial charge in [-0.2, -0.15) is 0 Å². The lowest BCUT2D eigenvalue weighted by molar-refractivity contribution is 1.14. The number of nitrogens with two attached hydrogens (primary N) is 1. The van der Waals surface area contributed by atoms with Gasteiger partial charge in [0.2, 0.25) is 0 Å². The number of benzene rings is 1. The zero-order chi connectivity index (χ0) is 9.26. The van der Waals surface area contributed by atoms with Gasteiger partial charge in [0.15, 0.2) is 0 Å². The highest BCUT2D eigenvalue weighted by molar-refractivity contribution is 5.78. The molecular formula is C8H10N4O. The number of nitrogens with one attached hydrogen (secondary N) is 3. The van der Waals surface area contributed by atoms with Crippen molar-refractivity contribution in [2.75, 3.05) is 12.0 Å². The lowest BCUT2D eigenvalue weighted by Gasteiger charge is -2.01. The van der Waals surface area contributed by atoms with Crippen molar-refractivity contribution in [2.24, 2.45) is 5.73 Å². The van der Waals surface area contributed by atoms with E-state index in [1.807, 2.05) is 18.2 Å². The number of aromatic amines is 2. The molecule has 5 N–H and O–H groups in total. The van der Waals surface area contributed by atoms with Gasteiger partial charge in [0.1, 0.15) is 0 Å². The van der Waals surface area contributed by atoms with Crippen molar-refractivity contribution in [3.05, 3.63) is 28.7 Å². The van der Waals surface area contributed by atoms with Gasteiger partial charge in [0, 0.05) is 5.69 Å². The fourth-order valence-electron chi connectivity index (χ4n) is 1.26. The molecule has 0 saturated carbocycles. The van der Waals surface area contributed by atoms with Crippen LogP contribution >= 0.6 is 0 Å². The Bertz CT molecular complexity index is 470. The van der Waals surface area contributed by atoms with Crippen LogP contribution < -0.4 is 16.7 Å². The summed E-state index contributed by atoms with van der Waals surface area (Å²) in [5.74, 6) is 0. The van der Waals surface area contributed by atoms with Gasteiger partial charge in [-0.25, -0.2) is 4.79 Å². The molecule has 1 aromatic carbocycles. The van der Waals surface area contributed by atoms with Crippen LogP contribution in [0.5, 0.6) is 0 Å². The predicted octanol–water partition coefficient (Wildman–Crippen LogP) is 0.184. The Hall–Kier alpha value is -1.75. The fraction of sp³-hybridized carbons (Fsp3) is 0.125. The van der Waals surface area contributed by atoms with Crippen LogP contribution in [0.1, 0.15) is 0 Å². The van der Waals surface area contributed by atoms with Gasteiger partial charge < -0.3 is 21.0 Å². The third-order valence-electron chi connectivity index (χ3n) is 1.82. The molecule has 0 amide bonds. The van der Waals surface area contributed by atoms with Crippen molar-refractivity contribution in [2.45, 2.75) is 0 Å². The molecule has 2 aromatic rings. The van der Waals surface area contributed by atoms with E-state index >= 15 is 0 Å². The standard InChI is InChI=1S/C8H10N4O/c9-4-10-5-1-2-6-7(3-5)12-8(13)11-6/h1-3,10H,4,9H2,(H2,11,12,13). The van der Waals surface area contributed by atoms with Crippen molar-refractivity contribution < 1.29 is 0 Å². The molecule has 0 saturated heterocycles. The maximum absolute atomic E-state index is 10.9. The molecule has 1 aromatic heterocycles. The average Bonchev–Trinajstić information content (AvgIpc) is 2.44. The van der Waals surface area contributed by atoms with Gasteiger partial charge in [0.05, 0.1) is 17.7 Å². The minimum atomic E-state index is -0.195. The molecule has 2 rings (SSSR count). The number of hydrogen-bond acceptors (Lipinski definition) is 3. The molecular weight excluding hydrogens is 168 g/mol. The summed E-state index contributed by atoms with van der Waals surface area (Å²) in [7, 11) is 0. The first-order chi connectivity index (χ1) is 6.29. The summed E-state index contributed by atoms with van der Waals surface area (Å²) in [5.41, 5.74) is 7.60. The molecule has 0 spiro atoms. The van der Waals surface area contributed by atoms with Crippen LogP contribution in [0.2, 0.25) is 0 Å². The number of imidazole rings is 1. The molecule has 0 aliphatic rings. The van der Waals surface area contributed by atoms with E-state index in [0.717, 1.165) is 16.7 Å². The monoisotopic (exact) mass is 178 g/mol. The first-order valence-corrected chi connectivity index (χ1v) is 3.95. The number of anilines is 1. The number of hydrogen-bond donors (Lipinski definition) is 4. The van der Waals surface area contributed by atoms with Crippen LogP contribution in [0.4, 0.5) is 5.69 Å². The maximum atomic E-state index is 10.9. The van der Waals surface area contributed by atoms with E-state index in [9.17, 15) is 4.79 Å². The summed E-state index contributed by atoms with van der Waals surface area (Å²) in [6.07, 6.45) is 0. The Morgan fingerprint density at radius 3 is 2.85 bits per heavy atom. The normalized spacial score (nSPS) is 10.5. The third kappa shape index (κ3) is 1.41. The van der Waals surface area contributed by atoms with E-state index in [-0.39, 0.29) is 5.69 Å². The number of aromatic nitrogens is 2. The highest BCUT2D eigenvalue weighted by Crippen LogP contribution is 2.13. The Morgan fingerprint density at radius 1 is 1.31 bits per heavy atom. The van der Waals surface area contributed by atoms with E-state index in [2.05, 4.69) is 15.3 Å². The van der Waals surface area contributed by atoms with E-state index in [4.69, 9.17) is 5.73 Å². The van der Waals surface area contributed by atoms with Gasteiger partial charge in [-0.1, -0.05) is 0 Å². The van der Waals surface area contributed by atoms with E-state index < -0.39 is 0 Å². The van der Waals surface area contributed by atoms with Crippen molar-refractivity contribution in [3.8, 4) is 0 Å². The molecule has 13 heavy (non-hydrogen) atoms. The molecule has 0 radical (unpaired) electrons. The van der Waals surface area contributed by atoms with Gasteiger partial charge >= 0.3 is 5.69 Å². The SMILES string of the molecule is NCNc1ccc2[nH]c(=O)[nH]c2c1. The second-order valence-electron chi connectivity index (χ2n) is 2.72. The van der Waals surface area contributed by atoms with Crippen molar-refractivity contribution in [1.29, 1.82) is 0 Å². The molecule has 1 heterocycles. The smallest absolute Gasteiger partial charge is 0.323 e. The number of fused-ring (bicyclic) bond motifs is 1. The van der Waals surface area contributed by atoms with Crippen molar-refractivity contribution >= 4 is 16.7 Å². The minimum Gasteiger partial charge on any atom is -0.373 e. The summed E-state index contributed by atoms with van der Waals surface area (Å²) in [6, 6.07) is 5.52. The van der Waals surface area contributed by atoms with Crippen LogP contribution in [-0.4, -0.2) is 16.6 Å². The molecule has 5 nitrogen and oxygen atoms in total. The summed E-state index contributed by atoms with van der Waals surface area (Å²) >= 11 is 0. The Balaban J connectivity index is 2.54. The summed E-state index contributed by atoms with van der Waals surface area (Å²) in [6.45, 7) is 0.375. The molecule has 0 fully saturated rings. The van der Waals surface area contributed by atoms with Gasteiger partial charge in [-0.05, 0) is 18.2 Å². The number of rotatable bonds is 2. The zero-order valence-electron chi connectivity index (χ0n) is 6.92. The summed E-state index contributed by atoms with van der Waals surface area (Å²) in [4.78, 5) is 16.2. The van der Waals surface area contributed by atoms with Crippen molar-refractivity contribution in [3.63, 3.8) is 0 Å². The first kappa shape index (κ1) is 7.88. The lowest BCUT2D eigenvalue weighted by atomic mass is 10.3. The number of H-pyrrole nitrogens is 2. The molecule has 0 aliphatic heterocycles. The van der Waals surface area contributed by atoms with E-state index in [1.165, 1.54) is 0 Å². The summed E-state index contributed by atoms with van der Waals surface area (Å²) in [5, 5.41) is 2.95. The molecule has 68 valence electrons. The molecule has 0 bridgehead atoms. The topological polar surface area (TPSA) is 86.7 Å². The molecule has 0 unspecified atom stereocenters. The van der Waals surface area contributed by atoms with E-state index in [0.29, 0.717) is 6.67 Å². The molecule has 0 atom stereocenters. The molecule has 0 aliphatic carbocycles. The second kappa shape index (κ2) is 2.95. The first-order valence-electron chi connectivity index (χ1n) is 3.95. The predicted molar refractivity (Wildman–Crippen MR) is 51.6 cm³/mol. The summed E-state index contributed by atoms with van der Waals surface area (Å²) < 4.78 is 0. The maximum Gasteiger partial charge on any atom is 0.323 e. The Labute approximate surface area is 74.0 Å².